The lowest BCUT2D eigenvalue weighted by Crippen LogP contribution is -2.33. The first-order valence-electron chi connectivity index (χ1n) is 6.15. The summed E-state index contributed by atoms with van der Waals surface area (Å²) in [5.74, 6) is 0. The molecule has 0 amide bonds. The van der Waals surface area contributed by atoms with Gasteiger partial charge in [-0.25, -0.2) is 0 Å². The fourth-order valence-electron chi connectivity index (χ4n) is 2.27. The summed E-state index contributed by atoms with van der Waals surface area (Å²) in [4.78, 5) is 4.93. The maximum atomic E-state index is 5.99. The predicted octanol–water partition coefficient (Wildman–Crippen LogP) is 3.64. The molecule has 2 nitrogen and oxygen atoms in total. The van der Waals surface area contributed by atoms with Crippen LogP contribution in [0.5, 0.6) is 0 Å². The molecule has 1 heterocycles. The van der Waals surface area contributed by atoms with Crippen LogP contribution in [-0.4, -0.2) is 12.6 Å². The maximum absolute atomic E-state index is 5.99. The average Bonchev–Trinajstić information content (AvgIpc) is 2.38. The fourth-order valence-corrected chi connectivity index (χ4v) is 3.36. The number of hydrogen-bond acceptors (Lipinski definition) is 3. The molecule has 3 heteroatoms. The molecule has 2 aromatic carbocycles. The van der Waals surface area contributed by atoms with E-state index in [0.29, 0.717) is 0 Å². The Balaban J connectivity index is 2.11. The maximum Gasteiger partial charge on any atom is 0.0553 e. The smallest absolute Gasteiger partial charge is 0.0553 e. The van der Waals surface area contributed by atoms with Crippen molar-refractivity contribution in [1.29, 1.82) is 0 Å². The Hall–Kier alpha value is -1.45. The first-order valence-corrected chi connectivity index (χ1v) is 6.96. The molecule has 3 rings (SSSR count). The van der Waals surface area contributed by atoms with Gasteiger partial charge in [-0.3, -0.25) is 0 Å². The minimum atomic E-state index is 0.147. The zero-order valence-corrected chi connectivity index (χ0v) is 11.2. The Morgan fingerprint density at radius 2 is 1.50 bits per heavy atom. The minimum absolute atomic E-state index is 0.147. The molecule has 0 saturated carbocycles. The Morgan fingerprint density at radius 3 is 2.00 bits per heavy atom. The molecule has 2 N–H and O–H groups in total. The van der Waals surface area contributed by atoms with Gasteiger partial charge in [0.05, 0.1) is 11.4 Å². The van der Waals surface area contributed by atoms with Gasteiger partial charge in [0.2, 0.25) is 0 Å². The van der Waals surface area contributed by atoms with E-state index in [1.165, 1.54) is 21.2 Å². The highest BCUT2D eigenvalue weighted by atomic mass is 32.2. The second-order valence-electron chi connectivity index (χ2n) is 4.63. The summed E-state index contributed by atoms with van der Waals surface area (Å²) >= 11 is 1.83. The van der Waals surface area contributed by atoms with Crippen molar-refractivity contribution in [2.75, 3.05) is 11.4 Å². The first kappa shape index (κ1) is 11.6. The van der Waals surface area contributed by atoms with Crippen molar-refractivity contribution in [3.05, 3.63) is 48.5 Å². The third kappa shape index (κ3) is 2.00. The number of anilines is 2. The van der Waals surface area contributed by atoms with Crippen molar-refractivity contribution in [3.63, 3.8) is 0 Å². The van der Waals surface area contributed by atoms with Crippen molar-refractivity contribution in [2.45, 2.75) is 22.8 Å². The number of hydrogen-bond donors (Lipinski definition) is 1. The molecule has 1 aliphatic rings. The van der Waals surface area contributed by atoms with E-state index in [1.807, 2.05) is 18.7 Å². The van der Waals surface area contributed by atoms with Crippen molar-refractivity contribution >= 4 is 23.1 Å². The number of rotatable bonds is 2. The molecule has 0 spiro atoms. The number of nitrogens with two attached hydrogens (primary N) is 1. The molecule has 0 bridgehead atoms. The summed E-state index contributed by atoms with van der Waals surface area (Å²) in [5, 5.41) is 0. The third-order valence-electron chi connectivity index (χ3n) is 3.00. The van der Waals surface area contributed by atoms with Crippen LogP contribution < -0.4 is 10.6 Å². The molecular weight excluding hydrogens is 240 g/mol. The van der Waals surface area contributed by atoms with Crippen LogP contribution in [-0.2, 0) is 0 Å². The molecule has 0 radical (unpaired) electrons. The molecule has 2 aromatic rings. The second kappa shape index (κ2) is 4.67. The van der Waals surface area contributed by atoms with Crippen LogP contribution in [0.1, 0.15) is 6.92 Å². The molecule has 0 saturated heterocycles. The highest BCUT2D eigenvalue weighted by Gasteiger charge is 2.22. The number of nitrogens with zero attached hydrogens (tertiary/aromatic N) is 1. The van der Waals surface area contributed by atoms with Gasteiger partial charge in [-0.2, -0.15) is 0 Å². The third-order valence-corrected chi connectivity index (χ3v) is 4.13. The molecule has 0 fully saturated rings. The van der Waals surface area contributed by atoms with E-state index in [0.717, 1.165) is 6.54 Å². The lowest BCUT2D eigenvalue weighted by molar-refractivity contribution is 0.727. The standard InChI is InChI=1S/C15H16N2S/c1-11(16)10-17-12-6-2-4-8-14(12)18-15-9-5-3-7-13(15)17/h2-9,11H,10,16H2,1H3. The Morgan fingerprint density at radius 1 is 1.00 bits per heavy atom. The number of para-hydroxylation sites is 2. The molecule has 0 aliphatic carbocycles. The van der Waals surface area contributed by atoms with Crippen LogP contribution in [0.15, 0.2) is 58.3 Å². The van der Waals surface area contributed by atoms with Crippen LogP contribution >= 0.6 is 11.8 Å². The summed E-state index contributed by atoms with van der Waals surface area (Å²) in [6.07, 6.45) is 0. The summed E-state index contributed by atoms with van der Waals surface area (Å²) in [6, 6.07) is 17.2. The number of fused-ring (bicyclic) bond motifs is 2. The fraction of sp³-hybridized carbons (Fsp3) is 0.200. The summed E-state index contributed by atoms with van der Waals surface area (Å²) in [5.41, 5.74) is 8.51. The monoisotopic (exact) mass is 256 g/mol. The lowest BCUT2D eigenvalue weighted by atomic mass is 10.2. The Labute approximate surface area is 112 Å². The molecule has 1 atom stereocenters. The van der Waals surface area contributed by atoms with Gasteiger partial charge < -0.3 is 10.6 Å². The summed E-state index contributed by atoms with van der Waals surface area (Å²) in [6.45, 7) is 2.89. The van der Waals surface area contributed by atoms with Gasteiger partial charge in [-0.15, -0.1) is 0 Å². The first-order chi connectivity index (χ1) is 8.75. The van der Waals surface area contributed by atoms with Gasteiger partial charge in [0.25, 0.3) is 0 Å². The van der Waals surface area contributed by atoms with E-state index >= 15 is 0 Å². The molecule has 92 valence electrons. The van der Waals surface area contributed by atoms with Crippen LogP contribution in [0.3, 0.4) is 0 Å². The van der Waals surface area contributed by atoms with Crippen LogP contribution in [0, 0.1) is 0 Å². The molecule has 1 aliphatic heterocycles. The van der Waals surface area contributed by atoms with Gasteiger partial charge in [0, 0.05) is 22.4 Å². The predicted molar refractivity (Wildman–Crippen MR) is 77.7 cm³/mol. The van der Waals surface area contributed by atoms with Crippen LogP contribution in [0.2, 0.25) is 0 Å². The van der Waals surface area contributed by atoms with Crippen molar-refractivity contribution in [1.82, 2.24) is 0 Å². The van der Waals surface area contributed by atoms with Crippen LogP contribution in [0.25, 0.3) is 0 Å². The van der Waals surface area contributed by atoms with Crippen molar-refractivity contribution in [3.8, 4) is 0 Å². The van der Waals surface area contributed by atoms with E-state index in [9.17, 15) is 0 Å². The molecule has 18 heavy (non-hydrogen) atoms. The van der Waals surface area contributed by atoms with E-state index in [1.54, 1.807) is 0 Å². The number of benzene rings is 2. The summed E-state index contributed by atoms with van der Waals surface area (Å²) < 4.78 is 0. The zero-order valence-electron chi connectivity index (χ0n) is 10.3. The van der Waals surface area contributed by atoms with E-state index in [-0.39, 0.29) is 6.04 Å². The van der Waals surface area contributed by atoms with Gasteiger partial charge in [-0.1, -0.05) is 36.0 Å². The average molecular weight is 256 g/mol. The second-order valence-corrected chi connectivity index (χ2v) is 5.71. The highest BCUT2D eigenvalue weighted by molar-refractivity contribution is 7.99. The minimum Gasteiger partial charge on any atom is -0.338 e. The zero-order chi connectivity index (χ0) is 12.5. The quantitative estimate of drug-likeness (QED) is 0.889. The Bertz CT molecular complexity index is 520. The van der Waals surface area contributed by atoms with E-state index in [2.05, 4.69) is 53.4 Å². The van der Waals surface area contributed by atoms with Gasteiger partial charge in [0.1, 0.15) is 0 Å². The lowest BCUT2D eigenvalue weighted by Gasteiger charge is -2.33. The van der Waals surface area contributed by atoms with E-state index in [4.69, 9.17) is 5.73 Å². The molecule has 1 unspecified atom stereocenters. The van der Waals surface area contributed by atoms with Gasteiger partial charge in [0.15, 0.2) is 0 Å². The molecule has 0 aromatic heterocycles. The van der Waals surface area contributed by atoms with Crippen molar-refractivity contribution in [2.24, 2.45) is 5.73 Å². The van der Waals surface area contributed by atoms with Gasteiger partial charge >= 0.3 is 0 Å². The largest absolute Gasteiger partial charge is 0.338 e. The summed E-state index contributed by atoms with van der Waals surface area (Å²) in [7, 11) is 0. The normalized spacial score (nSPS) is 14.9. The topological polar surface area (TPSA) is 29.3 Å². The van der Waals surface area contributed by atoms with Crippen LogP contribution in [0.4, 0.5) is 11.4 Å². The SMILES string of the molecule is CC(N)CN1c2ccccc2Sc2ccccc21. The molecular formula is C15H16N2S. The highest BCUT2D eigenvalue weighted by Crippen LogP contribution is 2.47. The van der Waals surface area contributed by atoms with Gasteiger partial charge in [-0.05, 0) is 31.2 Å². The van der Waals surface area contributed by atoms with E-state index < -0.39 is 0 Å². The Kier molecular flexibility index (Phi) is 3.02. The van der Waals surface area contributed by atoms with Crippen molar-refractivity contribution < 1.29 is 0 Å².